The molecule has 1 aromatic carbocycles. The van der Waals surface area contributed by atoms with E-state index >= 15 is 0 Å². The molecule has 0 saturated heterocycles. The molecule has 4 N–H and O–H groups in total. The van der Waals surface area contributed by atoms with Crippen LogP contribution in [0.15, 0.2) is 12.1 Å². The van der Waals surface area contributed by atoms with Gasteiger partial charge in [0.05, 0.1) is 11.1 Å². The molecule has 0 saturated carbocycles. The van der Waals surface area contributed by atoms with Crippen molar-refractivity contribution in [2.24, 2.45) is 11.7 Å². The fourth-order valence-electron chi connectivity index (χ4n) is 2.46. The highest BCUT2D eigenvalue weighted by Gasteiger charge is 2.40. The summed E-state index contributed by atoms with van der Waals surface area (Å²) >= 11 is 0. The lowest BCUT2D eigenvalue weighted by molar-refractivity contribution is -0.120. The molecule has 0 aliphatic carbocycles. The minimum Gasteiger partial charge on any atom is -0.370 e. The number of anilines is 1. The van der Waals surface area contributed by atoms with Crippen molar-refractivity contribution in [1.82, 2.24) is 0 Å². The summed E-state index contributed by atoms with van der Waals surface area (Å²) in [6.45, 7) is 5.09. The van der Waals surface area contributed by atoms with Gasteiger partial charge in [0.15, 0.2) is 0 Å². The van der Waals surface area contributed by atoms with Gasteiger partial charge in [-0.3, -0.25) is 9.59 Å². The minimum atomic E-state index is -0.848. The van der Waals surface area contributed by atoms with E-state index in [2.05, 4.69) is 5.32 Å². The average Bonchev–Trinajstić information content (AvgIpc) is 2.60. The van der Waals surface area contributed by atoms with E-state index in [4.69, 9.17) is 11.1 Å². The zero-order chi connectivity index (χ0) is 15.9. The van der Waals surface area contributed by atoms with Crippen molar-refractivity contribution in [2.75, 3.05) is 5.32 Å². The number of benzene rings is 1. The molecule has 2 amide bonds. The van der Waals surface area contributed by atoms with Crippen molar-refractivity contribution in [3.8, 4) is 0 Å². The Labute approximate surface area is 122 Å². The van der Waals surface area contributed by atoms with Crippen LogP contribution in [0.1, 0.15) is 38.3 Å². The van der Waals surface area contributed by atoms with E-state index in [-0.39, 0.29) is 23.7 Å². The zero-order valence-corrected chi connectivity index (χ0v) is 12.2. The van der Waals surface area contributed by atoms with Crippen molar-refractivity contribution in [2.45, 2.75) is 32.6 Å². The zero-order valence-electron chi connectivity index (χ0n) is 12.2. The molecule has 1 aromatic rings. The molecule has 0 aromatic heterocycles. The highest BCUT2D eigenvalue weighted by Crippen LogP contribution is 2.39. The topological polar surface area (TPSA) is 96.0 Å². The second kappa shape index (κ2) is 4.95. The molecule has 1 unspecified atom stereocenters. The van der Waals surface area contributed by atoms with Gasteiger partial charge in [0.1, 0.15) is 5.82 Å². The first-order chi connectivity index (χ1) is 9.64. The van der Waals surface area contributed by atoms with Gasteiger partial charge in [-0.2, -0.15) is 0 Å². The van der Waals surface area contributed by atoms with Gasteiger partial charge in [0, 0.05) is 18.1 Å². The maximum absolute atomic E-state index is 14.2. The van der Waals surface area contributed by atoms with Gasteiger partial charge in [0.2, 0.25) is 11.8 Å². The summed E-state index contributed by atoms with van der Waals surface area (Å²) in [7, 11) is 0. The maximum Gasteiger partial charge on any atom is 0.234 e. The Hall–Kier alpha value is -2.24. The number of rotatable bonds is 4. The number of fused-ring (bicyclic) bond motifs is 1. The predicted molar refractivity (Wildman–Crippen MR) is 77.9 cm³/mol. The monoisotopic (exact) mass is 291 g/mol. The van der Waals surface area contributed by atoms with Crippen LogP contribution in [0.4, 0.5) is 10.1 Å². The molecular weight excluding hydrogens is 273 g/mol. The van der Waals surface area contributed by atoms with Crippen molar-refractivity contribution in [3.63, 3.8) is 0 Å². The lowest BCUT2D eigenvalue weighted by Crippen LogP contribution is -2.27. The molecule has 21 heavy (non-hydrogen) atoms. The van der Waals surface area contributed by atoms with Crippen LogP contribution in [0, 0.1) is 17.1 Å². The Morgan fingerprint density at radius 2 is 2.10 bits per heavy atom. The quantitative estimate of drug-likeness (QED) is 0.739. The van der Waals surface area contributed by atoms with Gasteiger partial charge in [-0.25, -0.2) is 4.39 Å². The lowest BCUT2D eigenvalue weighted by atomic mass is 9.84. The summed E-state index contributed by atoms with van der Waals surface area (Å²) in [6, 6.07) is 2.84. The first-order valence-electron chi connectivity index (χ1n) is 6.67. The van der Waals surface area contributed by atoms with E-state index in [0.29, 0.717) is 11.1 Å². The van der Waals surface area contributed by atoms with Gasteiger partial charge in [-0.1, -0.05) is 6.92 Å². The van der Waals surface area contributed by atoms with Gasteiger partial charge < -0.3 is 16.5 Å². The SMILES string of the molecule is CC(CC(N)=O)C(=N)c1cc(F)c2c(c1)C(C)(C)C(=O)N2. The molecule has 0 bridgehead atoms. The van der Waals surface area contributed by atoms with Gasteiger partial charge in [-0.15, -0.1) is 0 Å². The third-order valence-corrected chi connectivity index (χ3v) is 3.88. The first kappa shape index (κ1) is 15.2. The van der Waals surface area contributed by atoms with E-state index in [9.17, 15) is 14.0 Å². The Morgan fingerprint density at radius 3 is 2.67 bits per heavy atom. The van der Waals surface area contributed by atoms with Crippen molar-refractivity contribution >= 4 is 23.2 Å². The second-order valence-corrected chi connectivity index (χ2v) is 5.94. The molecule has 5 nitrogen and oxygen atoms in total. The molecule has 112 valence electrons. The summed E-state index contributed by atoms with van der Waals surface area (Å²) in [4.78, 5) is 22.8. The van der Waals surface area contributed by atoms with Crippen LogP contribution in [-0.2, 0) is 15.0 Å². The summed E-state index contributed by atoms with van der Waals surface area (Å²) < 4.78 is 14.2. The molecule has 1 aliphatic rings. The third kappa shape index (κ3) is 2.53. The minimum absolute atomic E-state index is 0.0259. The Kier molecular flexibility index (Phi) is 3.57. The number of carbonyl (C=O) groups excluding carboxylic acids is 2. The van der Waals surface area contributed by atoms with E-state index < -0.39 is 23.1 Å². The molecule has 2 rings (SSSR count). The number of hydrogen-bond acceptors (Lipinski definition) is 3. The molecule has 0 spiro atoms. The standard InChI is InChI=1S/C15H18FN3O2/c1-7(4-11(17)20)12(18)8-5-9-13(10(16)6-8)19-14(21)15(9,2)3/h5-7,18H,4H2,1-3H3,(H2,17,20)(H,19,21). The Bertz CT molecular complexity index is 653. The van der Waals surface area contributed by atoms with Gasteiger partial charge in [-0.05, 0) is 37.1 Å². The largest absolute Gasteiger partial charge is 0.370 e. The third-order valence-electron chi connectivity index (χ3n) is 3.88. The molecule has 1 aliphatic heterocycles. The smallest absolute Gasteiger partial charge is 0.234 e. The molecular formula is C15H18FN3O2. The summed E-state index contributed by atoms with van der Waals surface area (Å²) in [5, 5.41) is 10.6. The van der Waals surface area contributed by atoms with Crippen LogP contribution < -0.4 is 11.1 Å². The fourth-order valence-corrected chi connectivity index (χ4v) is 2.46. The van der Waals surface area contributed by atoms with Crippen molar-refractivity contribution in [3.05, 3.63) is 29.1 Å². The molecule has 0 radical (unpaired) electrons. The lowest BCUT2D eigenvalue weighted by Gasteiger charge is -2.18. The number of nitrogens with two attached hydrogens (primary N) is 1. The van der Waals surface area contributed by atoms with Crippen LogP contribution in [0.25, 0.3) is 0 Å². The predicted octanol–water partition coefficient (Wildman–Crippen LogP) is 1.93. The number of hydrogen-bond donors (Lipinski definition) is 3. The normalized spacial score (nSPS) is 17.0. The van der Waals surface area contributed by atoms with Crippen LogP contribution in [0.5, 0.6) is 0 Å². The Balaban J connectivity index is 2.44. The van der Waals surface area contributed by atoms with E-state index in [1.807, 2.05) is 0 Å². The van der Waals surface area contributed by atoms with Gasteiger partial charge in [0.25, 0.3) is 0 Å². The average molecular weight is 291 g/mol. The molecule has 6 heteroatoms. The van der Waals surface area contributed by atoms with Crippen LogP contribution in [0.3, 0.4) is 0 Å². The Morgan fingerprint density at radius 1 is 1.48 bits per heavy atom. The van der Waals surface area contributed by atoms with E-state index in [1.54, 1.807) is 26.8 Å². The maximum atomic E-state index is 14.2. The fraction of sp³-hybridized carbons (Fsp3) is 0.400. The number of nitrogens with one attached hydrogen (secondary N) is 2. The van der Waals surface area contributed by atoms with Crippen LogP contribution >= 0.6 is 0 Å². The molecule has 1 atom stereocenters. The summed E-state index contributed by atoms with van der Waals surface area (Å²) in [5.41, 5.74) is 5.47. The molecule has 1 heterocycles. The summed E-state index contributed by atoms with van der Waals surface area (Å²) in [5.74, 6) is -1.76. The van der Waals surface area contributed by atoms with Crippen molar-refractivity contribution in [1.29, 1.82) is 5.41 Å². The molecule has 0 fully saturated rings. The van der Waals surface area contributed by atoms with E-state index in [0.717, 1.165) is 0 Å². The highest BCUT2D eigenvalue weighted by molar-refractivity contribution is 6.08. The van der Waals surface area contributed by atoms with Crippen LogP contribution in [-0.4, -0.2) is 17.5 Å². The number of halogens is 1. The second-order valence-electron chi connectivity index (χ2n) is 5.94. The first-order valence-corrected chi connectivity index (χ1v) is 6.67. The number of amides is 2. The van der Waals surface area contributed by atoms with Crippen LogP contribution in [0.2, 0.25) is 0 Å². The van der Waals surface area contributed by atoms with E-state index in [1.165, 1.54) is 6.07 Å². The van der Waals surface area contributed by atoms with Crippen molar-refractivity contribution < 1.29 is 14.0 Å². The number of primary amides is 1. The van der Waals surface area contributed by atoms with Gasteiger partial charge >= 0.3 is 0 Å². The summed E-state index contributed by atoms with van der Waals surface area (Å²) in [6.07, 6.45) is 0.0259. The number of carbonyl (C=O) groups is 2. The highest BCUT2D eigenvalue weighted by atomic mass is 19.1.